The molecule has 0 bridgehead atoms. The molecule has 0 spiro atoms. The third kappa shape index (κ3) is 4.61. The van der Waals surface area contributed by atoms with Crippen molar-refractivity contribution in [3.63, 3.8) is 0 Å². The predicted molar refractivity (Wildman–Crippen MR) is 120 cm³/mol. The molecule has 8 heteroatoms. The fraction of sp³-hybridized carbons (Fsp3) is 0.458. The fourth-order valence-electron chi connectivity index (χ4n) is 5.36. The van der Waals surface area contributed by atoms with Gasteiger partial charge in [0.2, 0.25) is 0 Å². The Morgan fingerprint density at radius 1 is 1.12 bits per heavy atom. The Morgan fingerprint density at radius 2 is 1.84 bits per heavy atom. The number of aromatic nitrogens is 4. The van der Waals surface area contributed by atoms with Crippen LogP contribution in [0.1, 0.15) is 35.8 Å². The number of nitrogens with zero attached hydrogens (tertiary/aromatic N) is 5. The highest BCUT2D eigenvalue weighted by molar-refractivity contribution is 5.42. The first-order valence-corrected chi connectivity index (χ1v) is 11.1. The molecule has 170 valence electrons. The molecule has 8 nitrogen and oxygen atoms in total. The van der Waals surface area contributed by atoms with Crippen molar-refractivity contribution in [2.45, 2.75) is 45.4 Å². The van der Waals surface area contributed by atoms with Gasteiger partial charge < -0.3 is 10.2 Å². The number of fused-ring (bicyclic) bond motifs is 1. The highest BCUT2D eigenvalue weighted by Crippen LogP contribution is 2.41. The van der Waals surface area contributed by atoms with Crippen LogP contribution in [0.5, 0.6) is 0 Å². The smallest absolute Gasteiger partial charge is 0.290 e. The van der Waals surface area contributed by atoms with E-state index < -0.39 is 0 Å². The SMILES string of the molecule is Cc1cc(C)n(-c2ccccc2CN2C[C@H]3C[C@@H](n4cccn4)[C@H](O)C[C@H]3C2)n1.O=CO. The number of carbonyl (C=O) groups is 1. The minimum atomic E-state index is -0.307. The van der Waals surface area contributed by atoms with E-state index in [0.717, 1.165) is 43.9 Å². The van der Waals surface area contributed by atoms with E-state index in [1.807, 2.05) is 23.9 Å². The molecule has 3 heterocycles. The number of hydrogen-bond acceptors (Lipinski definition) is 5. The van der Waals surface area contributed by atoms with Gasteiger partial charge in [-0.25, -0.2) is 4.68 Å². The van der Waals surface area contributed by atoms with Gasteiger partial charge in [-0.2, -0.15) is 10.2 Å². The van der Waals surface area contributed by atoms with Crippen LogP contribution in [-0.2, 0) is 11.3 Å². The average molecular weight is 438 g/mol. The van der Waals surface area contributed by atoms with Gasteiger partial charge in [0, 0.05) is 37.7 Å². The summed E-state index contributed by atoms with van der Waals surface area (Å²) in [5, 5.41) is 26.7. The fourth-order valence-corrected chi connectivity index (χ4v) is 5.36. The maximum Gasteiger partial charge on any atom is 0.290 e. The molecule has 1 aromatic carbocycles. The first-order valence-electron chi connectivity index (χ1n) is 11.1. The molecule has 2 aromatic heterocycles. The van der Waals surface area contributed by atoms with Crippen LogP contribution in [0.15, 0.2) is 48.8 Å². The third-order valence-electron chi connectivity index (χ3n) is 6.67. The molecular formula is C24H31N5O3. The van der Waals surface area contributed by atoms with Crippen LogP contribution in [0.3, 0.4) is 0 Å². The summed E-state index contributed by atoms with van der Waals surface area (Å²) in [5.41, 5.74) is 4.68. The van der Waals surface area contributed by atoms with E-state index >= 15 is 0 Å². The average Bonchev–Trinajstić information content (AvgIpc) is 3.48. The molecule has 2 N–H and O–H groups in total. The van der Waals surface area contributed by atoms with Gasteiger partial charge >= 0.3 is 0 Å². The van der Waals surface area contributed by atoms with Crippen molar-refractivity contribution in [1.82, 2.24) is 24.5 Å². The van der Waals surface area contributed by atoms with Gasteiger partial charge in [0.25, 0.3) is 6.47 Å². The Bertz CT molecular complexity index is 1030. The zero-order valence-corrected chi connectivity index (χ0v) is 18.6. The van der Waals surface area contributed by atoms with Gasteiger partial charge in [0.1, 0.15) is 0 Å². The van der Waals surface area contributed by atoms with Crippen molar-refractivity contribution in [1.29, 1.82) is 0 Å². The third-order valence-corrected chi connectivity index (χ3v) is 6.67. The highest BCUT2D eigenvalue weighted by atomic mass is 16.3. The van der Waals surface area contributed by atoms with E-state index in [9.17, 15) is 5.11 Å². The molecule has 4 atom stereocenters. The summed E-state index contributed by atoms with van der Waals surface area (Å²) in [4.78, 5) is 10.9. The van der Waals surface area contributed by atoms with E-state index in [2.05, 4.69) is 51.9 Å². The number of aliphatic hydroxyl groups excluding tert-OH is 1. The van der Waals surface area contributed by atoms with Gasteiger partial charge in [0.05, 0.1) is 23.5 Å². The summed E-state index contributed by atoms with van der Waals surface area (Å²) >= 11 is 0. The molecular weight excluding hydrogens is 406 g/mol. The largest absolute Gasteiger partial charge is 0.483 e. The first-order chi connectivity index (χ1) is 15.5. The standard InChI is InChI=1S/C23H29N5O.CH2O2/c1-16-10-17(2)28(25-16)21-7-4-3-6-18(21)13-26-14-19-11-22(27-9-5-8-24-27)23(29)12-20(19)15-26;2-1-3/h3-10,19-20,22-23,29H,11-15H2,1-2H3;1H,(H,2,3)/t19-,20+,22-,23-;/m1./s1. The quantitative estimate of drug-likeness (QED) is 0.610. The lowest BCUT2D eigenvalue weighted by Crippen LogP contribution is -2.36. The number of carboxylic acid groups (broad SMARTS) is 1. The number of rotatable bonds is 4. The maximum atomic E-state index is 10.7. The number of para-hydroxylation sites is 1. The number of aryl methyl sites for hydroxylation is 2. The van der Waals surface area contributed by atoms with Gasteiger partial charge in [0.15, 0.2) is 0 Å². The normalized spacial score (nSPS) is 25.1. The van der Waals surface area contributed by atoms with Crippen LogP contribution in [0, 0.1) is 25.7 Å². The van der Waals surface area contributed by atoms with Gasteiger partial charge in [-0.3, -0.25) is 14.4 Å². The molecule has 32 heavy (non-hydrogen) atoms. The molecule has 5 rings (SSSR count). The Balaban J connectivity index is 0.000000775. The molecule has 1 aliphatic carbocycles. The van der Waals surface area contributed by atoms with E-state index in [1.54, 1.807) is 6.20 Å². The lowest BCUT2D eigenvalue weighted by Gasteiger charge is -2.35. The molecule has 2 aliphatic rings. The van der Waals surface area contributed by atoms with Crippen LogP contribution >= 0.6 is 0 Å². The predicted octanol–water partition coefficient (Wildman–Crippen LogP) is 2.83. The Hall–Kier alpha value is -2.97. The van der Waals surface area contributed by atoms with Crippen molar-refractivity contribution in [3.05, 3.63) is 65.7 Å². The van der Waals surface area contributed by atoms with Crippen molar-refractivity contribution >= 4 is 6.47 Å². The van der Waals surface area contributed by atoms with Crippen molar-refractivity contribution < 1.29 is 15.0 Å². The zero-order valence-electron chi connectivity index (χ0n) is 18.6. The van der Waals surface area contributed by atoms with Crippen LogP contribution in [-0.4, -0.2) is 60.3 Å². The van der Waals surface area contributed by atoms with Gasteiger partial charge in [-0.1, -0.05) is 18.2 Å². The van der Waals surface area contributed by atoms with Crippen LogP contribution in [0.2, 0.25) is 0 Å². The Morgan fingerprint density at radius 3 is 2.50 bits per heavy atom. The molecule has 3 aromatic rings. The first kappa shape index (κ1) is 22.2. The lowest BCUT2D eigenvalue weighted by atomic mass is 9.77. The minimum absolute atomic E-state index is 0.105. The Labute approximate surface area is 188 Å². The second-order valence-electron chi connectivity index (χ2n) is 8.88. The molecule has 2 fully saturated rings. The number of hydrogen-bond donors (Lipinski definition) is 2. The van der Waals surface area contributed by atoms with Crippen molar-refractivity contribution in [2.75, 3.05) is 13.1 Å². The van der Waals surface area contributed by atoms with E-state index in [4.69, 9.17) is 15.0 Å². The van der Waals surface area contributed by atoms with Gasteiger partial charge in [-0.15, -0.1) is 0 Å². The summed E-state index contributed by atoms with van der Waals surface area (Å²) in [6.07, 6.45) is 5.34. The topological polar surface area (TPSA) is 96.4 Å². The molecule has 0 unspecified atom stereocenters. The molecule has 1 saturated heterocycles. The lowest BCUT2D eigenvalue weighted by molar-refractivity contribution is -0.122. The second-order valence-corrected chi connectivity index (χ2v) is 8.88. The van der Waals surface area contributed by atoms with Crippen LogP contribution in [0.4, 0.5) is 0 Å². The van der Waals surface area contributed by atoms with Gasteiger partial charge in [-0.05, 0) is 62.3 Å². The van der Waals surface area contributed by atoms with E-state index in [0.29, 0.717) is 11.8 Å². The maximum absolute atomic E-state index is 10.7. The summed E-state index contributed by atoms with van der Waals surface area (Å²) in [7, 11) is 0. The molecule has 1 aliphatic heterocycles. The van der Waals surface area contributed by atoms with Crippen molar-refractivity contribution in [3.8, 4) is 5.69 Å². The summed E-state index contributed by atoms with van der Waals surface area (Å²) in [6, 6.07) is 12.8. The van der Waals surface area contributed by atoms with E-state index in [1.165, 1.54) is 11.3 Å². The monoisotopic (exact) mass is 437 g/mol. The summed E-state index contributed by atoms with van der Waals surface area (Å²) < 4.78 is 4.01. The number of benzene rings is 1. The van der Waals surface area contributed by atoms with Crippen molar-refractivity contribution in [2.24, 2.45) is 11.8 Å². The zero-order chi connectivity index (χ0) is 22.7. The summed E-state index contributed by atoms with van der Waals surface area (Å²) in [5.74, 6) is 1.19. The minimum Gasteiger partial charge on any atom is -0.483 e. The Kier molecular flexibility index (Phi) is 6.72. The highest BCUT2D eigenvalue weighted by Gasteiger charge is 2.42. The van der Waals surface area contributed by atoms with Crippen LogP contribution in [0.25, 0.3) is 5.69 Å². The van der Waals surface area contributed by atoms with Crippen LogP contribution < -0.4 is 0 Å². The second kappa shape index (κ2) is 9.67. The number of aliphatic hydroxyl groups is 1. The molecule has 1 saturated carbocycles. The molecule has 0 radical (unpaired) electrons. The number of likely N-dealkylation sites (tertiary alicyclic amines) is 1. The van der Waals surface area contributed by atoms with E-state index in [-0.39, 0.29) is 18.6 Å². The summed E-state index contributed by atoms with van der Waals surface area (Å²) in [6.45, 7) is 6.96. The molecule has 0 amide bonds.